The van der Waals surface area contributed by atoms with Gasteiger partial charge in [0.25, 0.3) is 0 Å². The van der Waals surface area contributed by atoms with Gasteiger partial charge in [0.05, 0.1) is 6.20 Å². The summed E-state index contributed by atoms with van der Waals surface area (Å²) in [4.78, 5) is 22.6. The fourth-order valence-corrected chi connectivity index (χ4v) is 2.20. The first-order valence-electron chi connectivity index (χ1n) is 6.21. The predicted molar refractivity (Wildman–Crippen MR) is 79.1 cm³/mol. The fourth-order valence-electron chi connectivity index (χ4n) is 1.79. The summed E-state index contributed by atoms with van der Waals surface area (Å²) < 4.78 is 2.13. The van der Waals surface area contributed by atoms with E-state index in [-0.39, 0.29) is 18.1 Å². The quantitative estimate of drug-likeness (QED) is 0.856. The van der Waals surface area contributed by atoms with Crippen LogP contribution in [0.3, 0.4) is 0 Å². The van der Waals surface area contributed by atoms with Gasteiger partial charge in [0, 0.05) is 10.2 Å². The summed E-state index contributed by atoms with van der Waals surface area (Å²) in [5.74, 6) is -1.48. The molecule has 7 nitrogen and oxygen atoms in total. The van der Waals surface area contributed by atoms with Crippen molar-refractivity contribution in [1.82, 2.24) is 15.0 Å². The van der Waals surface area contributed by atoms with E-state index in [0.717, 1.165) is 22.1 Å². The Morgan fingerprint density at radius 3 is 2.81 bits per heavy atom. The van der Waals surface area contributed by atoms with E-state index in [0.29, 0.717) is 0 Å². The highest BCUT2D eigenvalue weighted by molar-refractivity contribution is 9.10. The predicted octanol–water partition coefficient (Wildman–Crippen LogP) is 1.94. The van der Waals surface area contributed by atoms with Gasteiger partial charge in [-0.05, 0) is 30.2 Å². The zero-order valence-corrected chi connectivity index (χ0v) is 12.8. The maximum Gasteiger partial charge on any atom is 0.358 e. The molecule has 1 aromatic heterocycles. The Morgan fingerprint density at radius 2 is 2.19 bits per heavy atom. The van der Waals surface area contributed by atoms with Crippen LogP contribution in [0.15, 0.2) is 28.9 Å². The van der Waals surface area contributed by atoms with E-state index in [9.17, 15) is 9.59 Å². The highest BCUT2D eigenvalue weighted by atomic mass is 79.9. The lowest BCUT2D eigenvalue weighted by molar-refractivity contribution is -0.116. The van der Waals surface area contributed by atoms with Crippen molar-refractivity contribution in [1.29, 1.82) is 0 Å². The van der Waals surface area contributed by atoms with Crippen LogP contribution in [0.5, 0.6) is 0 Å². The Balaban J connectivity index is 2.06. The number of anilines is 1. The van der Waals surface area contributed by atoms with E-state index in [2.05, 4.69) is 31.6 Å². The molecule has 0 unspecified atom stereocenters. The average Bonchev–Trinajstić information content (AvgIpc) is 2.89. The molecule has 8 heteroatoms. The molecule has 1 aromatic carbocycles. The molecule has 0 spiro atoms. The van der Waals surface area contributed by atoms with Crippen LogP contribution >= 0.6 is 15.9 Å². The minimum absolute atomic E-state index is 0.0977. The molecule has 110 valence electrons. The van der Waals surface area contributed by atoms with Crippen molar-refractivity contribution in [2.45, 2.75) is 19.9 Å². The van der Waals surface area contributed by atoms with E-state index in [1.165, 1.54) is 10.9 Å². The maximum atomic E-state index is 12.0. The number of carboxylic acid groups (broad SMARTS) is 1. The number of amides is 1. The Bertz CT molecular complexity index is 684. The summed E-state index contributed by atoms with van der Waals surface area (Å²) in [6.07, 6.45) is 1.99. The number of hydrogen-bond acceptors (Lipinski definition) is 4. The molecule has 0 aliphatic rings. The largest absolute Gasteiger partial charge is 0.476 e. The summed E-state index contributed by atoms with van der Waals surface area (Å²) in [6.45, 7) is 1.90. The molecule has 2 rings (SSSR count). The maximum absolute atomic E-state index is 12.0. The number of rotatable bonds is 5. The number of halogens is 1. The van der Waals surface area contributed by atoms with Crippen LogP contribution in [0.2, 0.25) is 0 Å². The minimum atomic E-state index is -1.18. The molecule has 21 heavy (non-hydrogen) atoms. The second-order valence-corrected chi connectivity index (χ2v) is 5.23. The van der Waals surface area contributed by atoms with Crippen molar-refractivity contribution in [2.75, 3.05) is 5.32 Å². The van der Waals surface area contributed by atoms with Crippen molar-refractivity contribution >= 4 is 33.5 Å². The van der Waals surface area contributed by atoms with Crippen LogP contribution in [0.25, 0.3) is 0 Å². The molecule has 0 atom stereocenters. The van der Waals surface area contributed by atoms with Crippen LogP contribution in [0.4, 0.5) is 5.69 Å². The summed E-state index contributed by atoms with van der Waals surface area (Å²) in [7, 11) is 0. The topological polar surface area (TPSA) is 97.1 Å². The molecule has 0 saturated carbocycles. The molecular formula is C13H13BrN4O3. The van der Waals surface area contributed by atoms with Crippen molar-refractivity contribution in [3.63, 3.8) is 0 Å². The third-order valence-corrected chi connectivity index (χ3v) is 3.28. The summed E-state index contributed by atoms with van der Waals surface area (Å²) in [5, 5.41) is 18.6. The van der Waals surface area contributed by atoms with Gasteiger partial charge in [-0.25, -0.2) is 9.48 Å². The number of carbonyl (C=O) groups excluding carboxylic acids is 1. The molecule has 0 fully saturated rings. The lowest BCUT2D eigenvalue weighted by Gasteiger charge is -2.10. The van der Waals surface area contributed by atoms with Gasteiger partial charge in [-0.3, -0.25) is 4.79 Å². The van der Waals surface area contributed by atoms with Crippen molar-refractivity contribution in [3.8, 4) is 0 Å². The number of benzene rings is 1. The molecule has 2 aromatic rings. The van der Waals surface area contributed by atoms with Gasteiger partial charge in [-0.15, -0.1) is 5.10 Å². The molecule has 1 heterocycles. The first kappa shape index (κ1) is 15.2. The van der Waals surface area contributed by atoms with Gasteiger partial charge in [-0.2, -0.15) is 0 Å². The Hall–Kier alpha value is -2.22. The van der Waals surface area contributed by atoms with Crippen molar-refractivity contribution < 1.29 is 14.7 Å². The number of aromatic carboxylic acids is 1. The van der Waals surface area contributed by atoms with E-state index in [1.54, 1.807) is 0 Å². The number of aryl methyl sites for hydroxylation is 1. The highest BCUT2D eigenvalue weighted by Gasteiger charge is 2.11. The van der Waals surface area contributed by atoms with Gasteiger partial charge in [-0.1, -0.05) is 28.1 Å². The van der Waals surface area contributed by atoms with E-state index >= 15 is 0 Å². The fraction of sp³-hybridized carbons (Fsp3) is 0.231. The van der Waals surface area contributed by atoms with Crippen LogP contribution in [-0.4, -0.2) is 32.0 Å². The zero-order valence-electron chi connectivity index (χ0n) is 11.2. The second kappa shape index (κ2) is 6.49. The summed E-state index contributed by atoms with van der Waals surface area (Å²) in [6, 6.07) is 5.59. The first-order chi connectivity index (χ1) is 9.99. The van der Waals surface area contributed by atoms with Gasteiger partial charge < -0.3 is 10.4 Å². The molecule has 1 amide bonds. The van der Waals surface area contributed by atoms with E-state index in [1.807, 2.05) is 25.1 Å². The smallest absolute Gasteiger partial charge is 0.358 e. The zero-order chi connectivity index (χ0) is 15.4. The minimum Gasteiger partial charge on any atom is -0.476 e. The summed E-state index contributed by atoms with van der Waals surface area (Å²) in [5.41, 5.74) is 1.53. The molecule has 2 N–H and O–H groups in total. The SMILES string of the molecule is CCc1cc(Br)ccc1NC(=O)Cn1cc(C(=O)O)nn1. The molecule has 0 aliphatic heterocycles. The van der Waals surface area contributed by atoms with Gasteiger partial charge in [0.2, 0.25) is 5.91 Å². The normalized spacial score (nSPS) is 10.4. The number of carbonyl (C=O) groups is 2. The molecule has 0 radical (unpaired) electrons. The Kier molecular flexibility index (Phi) is 4.69. The number of nitrogens with zero attached hydrogens (tertiary/aromatic N) is 3. The lowest BCUT2D eigenvalue weighted by atomic mass is 10.1. The average molecular weight is 353 g/mol. The van der Waals surface area contributed by atoms with Crippen molar-refractivity contribution in [3.05, 3.63) is 40.1 Å². The second-order valence-electron chi connectivity index (χ2n) is 4.31. The third-order valence-electron chi connectivity index (χ3n) is 2.79. The van der Waals surface area contributed by atoms with Gasteiger partial charge in [0.15, 0.2) is 5.69 Å². The highest BCUT2D eigenvalue weighted by Crippen LogP contribution is 2.21. The van der Waals surface area contributed by atoms with Crippen molar-refractivity contribution in [2.24, 2.45) is 0 Å². The standard InChI is InChI=1S/C13H13BrN4O3/c1-2-8-5-9(14)3-4-10(8)15-12(19)7-18-6-11(13(20)21)16-17-18/h3-6H,2,7H2,1H3,(H,15,19)(H,20,21). The first-order valence-corrected chi connectivity index (χ1v) is 7.00. The summed E-state index contributed by atoms with van der Waals surface area (Å²) >= 11 is 3.38. The van der Waals surface area contributed by atoms with Crippen LogP contribution in [0.1, 0.15) is 23.0 Å². The molecule has 0 bridgehead atoms. The van der Waals surface area contributed by atoms with Crippen LogP contribution in [-0.2, 0) is 17.8 Å². The Morgan fingerprint density at radius 1 is 1.43 bits per heavy atom. The number of aromatic nitrogens is 3. The Labute approximate surface area is 129 Å². The van der Waals surface area contributed by atoms with Crippen LogP contribution in [0, 0.1) is 0 Å². The van der Waals surface area contributed by atoms with E-state index in [4.69, 9.17) is 5.11 Å². The molecular weight excluding hydrogens is 340 g/mol. The van der Waals surface area contributed by atoms with Gasteiger partial charge in [0.1, 0.15) is 6.54 Å². The molecule has 0 aliphatic carbocycles. The lowest BCUT2D eigenvalue weighted by Crippen LogP contribution is -2.20. The monoisotopic (exact) mass is 352 g/mol. The van der Waals surface area contributed by atoms with Crippen LogP contribution < -0.4 is 5.32 Å². The number of hydrogen-bond donors (Lipinski definition) is 2. The third kappa shape index (κ3) is 3.88. The van der Waals surface area contributed by atoms with E-state index < -0.39 is 5.97 Å². The van der Waals surface area contributed by atoms with Gasteiger partial charge >= 0.3 is 5.97 Å². The molecule has 0 saturated heterocycles. The number of carboxylic acids is 1. The number of nitrogens with one attached hydrogen (secondary N) is 1.